The third-order valence-electron chi connectivity index (χ3n) is 11.8. The maximum Gasteiger partial charge on any atom is 0.264 e. The van der Waals surface area contributed by atoms with Crippen molar-refractivity contribution in [3.05, 3.63) is 87.7 Å². The number of halogens is 3. The smallest absolute Gasteiger partial charge is 0.264 e. The number of nitrogen functional groups attached to an aromatic ring is 1. The van der Waals surface area contributed by atoms with Crippen molar-refractivity contribution in [2.75, 3.05) is 30.7 Å². The molecule has 1 aliphatic carbocycles. The number of piperidine rings is 2. The highest BCUT2D eigenvalue weighted by Gasteiger charge is 2.45. The second-order valence-corrected chi connectivity index (χ2v) is 15.1. The Morgan fingerprint density at radius 2 is 1.76 bits per heavy atom. The predicted molar refractivity (Wildman–Crippen MR) is 196 cm³/mol. The first-order valence-corrected chi connectivity index (χ1v) is 18.7. The van der Waals surface area contributed by atoms with Gasteiger partial charge in [-0.05, 0) is 99.2 Å². The van der Waals surface area contributed by atoms with Crippen molar-refractivity contribution in [2.24, 2.45) is 0 Å². The number of anilines is 2. The number of imide groups is 1. The molecule has 15 heteroatoms. The van der Waals surface area contributed by atoms with Gasteiger partial charge in [-0.15, -0.1) is 0 Å². The number of ether oxygens (including phenoxy) is 2. The van der Waals surface area contributed by atoms with Crippen molar-refractivity contribution >= 4 is 34.1 Å². The number of benzene rings is 3. The van der Waals surface area contributed by atoms with Crippen LogP contribution in [-0.2, 0) is 14.3 Å². The minimum Gasteiger partial charge on any atom is -0.450 e. The summed E-state index contributed by atoms with van der Waals surface area (Å²) in [5.74, 6) is -3.78. The van der Waals surface area contributed by atoms with E-state index in [9.17, 15) is 24.0 Å². The highest BCUT2D eigenvalue weighted by Crippen LogP contribution is 2.43. The van der Waals surface area contributed by atoms with Crippen molar-refractivity contribution in [3.63, 3.8) is 0 Å². The van der Waals surface area contributed by atoms with Crippen molar-refractivity contribution < 1.29 is 32.2 Å². The Bertz CT molecular complexity index is 2280. The Balaban J connectivity index is 0.878. The van der Waals surface area contributed by atoms with Crippen LogP contribution in [0.25, 0.3) is 10.9 Å². The molecule has 12 nitrogen and oxygen atoms in total. The van der Waals surface area contributed by atoms with E-state index in [2.05, 4.69) is 20.5 Å². The van der Waals surface area contributed by atoms with Crippen molar-refractivity contribution in [2.45, 2.75) is 87.4 Å². The molecule has 3 saturated heterocycles. The number of amides is 2. The first kappa shape index (κ1) is 36.5. The Morgan fingerprint density at radius 3 is 2.49 bits per heavy atom. The molecule has 3 aromatic carbocycles. The maximum absolute atomic E-state index is 15.9. The summed E-state index contributed by atoms with van der Waals surface area (Å²) in [6.07, 6.45) is 7.72. The van der Waals surface area contributed by atoms with Gasteiger partial charge in [-0.3, -0.25) is 24.3 Å². The standard InChI is InChI=1S/C40H40F3N7O5/c41-28-7-8-30(45)27(19-44)37(28)55-33-11-9-31-35(36(33)43)39(53)50(21-46-31)25-18-40(54-20-25)13-15-49(16-14-40)24-4-1-22(2-5-24)26-6-3-23(17-29(26)42)47-32-10-12-34(51)48-38(32)52/h3,6-9,11,17,21-22,24-25,32,47H,1-2,4-5,10,12-16,18,20,45H2,(H,48,51,52)/t22?,24?,25-,32?/m0/s1. The number of nitrogens with two attached hydrogens (primary N) is 1. The zero-order valence-electron chi connectivity index (χ0n) is 30.0. The highest BCUT2D eigenvalue weighted by atomic mass is 19.1. The van der Waals surface area contributed by atoms with E-state index in [-0.39, 0.29) is 58.9 Å². The quantitative estimate of drug-likeness (QED) is 0.155. The molecule has 8 rings (SSSR count). The summed E-state index contributed by atoms with van der Waals surface area (Å²) >= 11 is 0. The summed E-state index contributed by atoms with van der Waals surface area (Å²) in [6.45, 7) is 1.91. The lowest BCUT2D eigenvalue weighted by atomic mass is 9.79. The van der Waals surface area contributed by atoms with E-state index in [1.54, 1.807) is 18.2 Å². The minimum atomic E-state index is -1.02. The summed E-state index contributed by atoms with van der Waals surface area (Å²) < 4.78 is 59.1. The fourth-order valence-corrected chi connectivity index (χ4v) is 8.78. The van der Waals surface area contributed by atoms with Gasteiger partial charge in [0.15, 0.2) is 23.1 Å². The van der Waals surface area contributed by atoms with E-state index in [4.69, 9.17) is 15.2 Å². The van der Waals surface area contributed by atoms with Gasteiger partial charge >= 0.3 is 0 Å². The summed E-state index contributed by atoms with van der Waals surface area (Å²) in [5, 5.41) is 14.5. The lowest BCUT2D eigenvalue weighted by molar-refractivity contribution is -0.133. The SMILES string of the molecule is N#Cc1c(N)ccc(F)c1Oc1ccc2ncn([C@@H]3COC4(CCN(C5CCC(c6ccc(NC7CCC(=O)NC7=O)cc6F)CC5)CC4)C3)c(=O)c2c1F. The third-order valence-corrected chi connectivity index (χ3v) is 11.8. The van der Waals surface area contributed by atoms with Crippen LogP contribution in [-0.4, -0.2) is 63.6 Å². The molecule has 4 fully saturated rings. The Hall–Kier alpha value is -5.46. The zero-order valence-corrected chi connectivity index (χ0v) is 30.0. The minimum absolute atomic E-state index is 0.0311. The maximum atomic E-state index is 15.9. The molecule has 4 aliphatic rings. The molecule has 1 unspecified atom stereocenters. The van der Waals surface area contributed by atoms with Gasteiger partial charge in [0, 0.05) is 31.2 Å². The van der Waals surface area contributed by atoms with E-state index in [1.807, 2.05) is 0 Å². The van der Waals surface area contributed by atoms with Crippen molar-refractivity contribution in [1.29, 1.82) is 5.26 Å². The molecule has 1 saturated carbocycles. The topological polar surface area (TPSA) is 165 Å². The van der Waals surface area contributed by atoms with Crippen LogP contribution in [0, 0.1) is 28.8 Å². The molecule has 55 heavy (non-hydrogen) atoms. The average molecular weight is 756 g/mol. The summed E-state index contributed by atoms with van der Waals surface area (Å²) in [7, 11) is 0. The van der Waals surface area contributed by atoms with Crippen LogP contribution in [0.2, 0.25) is 0 Å². The van der Waals surface area contributed by atoms with Gasteiger partial charge in [0.1, 0.15) is 28.9 Å². The van der Waals surface area contributed by atoms with E-state index in [1.165, 1.54) is 35.2 Å². The van der Waals surface area contributed by atoms with Crippen LogP contribution in [0.3, 0.4) is 0 Å². The number of aromatic nitrogens is 2. The Morgan fingerprint density at radius 1 is 0.982 bits per heavy atom. The lowest BCUT2D eigenvalue weighted by Gasteiger charge is -2.44. The second kappa shape index (κ2) is 14.6. The molecule has 1 aromatic heterocycles. The number of rotatable bonds is 7. The van der Waals surface area contributed by atoms with Gasteiger partial charge in [0.25, 0.3) is 5.56 Å². The van der Waals surface area contributed by atoms with Crippen LogP contribution in [0.15, 0.2) is 53.6 Å². The van der Waals surface area contributed by atoms with Gasteiger partial charge in [-0.2, -0.15) is 5.26 Å². The molecule has 1 spiro atoms. The van der Waals surface area contributed by atoms with E-state index < -0.39 is 46.2 Å². The number of fused-ring (bicyclic) bond motifs is 1. The van der Waals surface area contributed by atoms with Crippen LogP contribution in [0.4, 0.5) is 24.5 Å². The number of nitriles is 1. The monoisotopic (exact) mass is 755 g/mol. The van der Waals surface area contributed by atoms with Crippen LogP contribution in [0.1, 0.15) is 80.9 Å². The molecule has 2 amide bonds. The molecule has 0 radical (unpaired) electrons. The third kappa shape index (κ3) is 7.00. The zero-order chi connectivity index (χ0) is 38.4. The number of carbonyl (C=O) groups excluding carboxylic acids is 2. The van der Waals surface area contributed by atoms with Crippen LogP contribution < -0.4 is 26.7 Å². The number of likely N-dealkylation sites (tertiary alicyclic amines) is 1. The number of nitrogens with zero attached hydrogens (tertiary/aromatic N) is 4. The molecule has 3 aliphatic heterocycles. The van der Waals surface area contributed by atoms with Crippen LogP contribution in [0.5, 0.6) is 11.5 Å². The van der Waals surface area contributed by atoms with Gasteiger partial charge in [0.05, 0.1) is 35.8 Å². The van der Waals surface area contributed by atoms with Crippen molar-refractivity contribution in [1.82, 2.24) is 19.8 Å². The fraction of sp³-hybridized carbons (Fsp3) is 0.425. The summed E-state index contributed by atoms with van der Waals surface area (Å²) in [6, 6.07) is 11.1. The number of hydrogen-bond acceptors (Lipinski definition) is 10. The lowest BCUT2D eigenvalue weighted by Crippen LogP contribution is -2.49. The first-order chi connectivity index (χ1) is 26.5. The highest BCUT2D eigenvalue weighted by molar-refractivity contribution is 6.01. The van der Waals surface area contributed by atoms with Gasteiger partial charge < -0.3 is 25.4 Å². The molecule has 2 atom stereocenters. The molecular formula is C40H40F3N7O5. The van der Waals surface area contributed by atoms with Gasteiger partial charge in [-0.1, -0.05) is 6.07 Å². The molecule has 286 valence electrons. The largest absolute Gasteiger partial charge is 0.450 e. The molecular weight excluding hydrogens is 715 g/mol. The van der Waals surface area contributed by atoms with Crippen molar-refractivity contribution in [3.8, 4) is 17.6 Å². The normalized spacial score (nSPS) is 24.1. The molecule has 4 N–H and O–H groups in total. The summed E-state index contributed by atoms with van der Waals surface area (Å²) in [5.41, 5.74) is 5.74. The number of hydrogen-bond donors (Lipinski definition) is 3. The average Bonchev–Trinajstić information content (AvgIpc) is 3.58. The van der Waals surface area contributed by atoms with E-state index in [0.717, 1.165) is 57.7 Å². The first-order valence-electron chi connectivity index (χ1n) is 18.7. The molecule has 4 heterocycles. The molecule has 4 aromatic rings. The summed E-state index contributed by atoms with van der Waals surface area (Å²) in [4.78, 5) is 44.1. The second-order valence-electron chi connectivity index (χ2n) is 15.1. The predicted octanol–water partition coefficient (Wildman–Crippen LogP) is 5.80. The molecule has 0 bridgehead atoms. The Labute approximate surface area is 314 Å². The van der Waals surface area contributed by atoms with Gasteiger partial charge in [-0.25, -0.2) is 18.2 Å². The fourth-order valence-electron chi connectivity index (χ4n) is 8.78. The van der Waals surface area contributed by atoms with Gasteiger partial charge in [0.2, 0.25) is 11.8 Å². The Kier molecular flexibility index (Phi) is 9.72. The number of carbonyl (C=O) groups is 2. The van der Waals surface area contributed by atoms with Crippen LogP contribution >= 0.6 is 0 Å². The number of nitrogens with one attached hydrogen (secondary N) is 2. The van der Waals surface area contributed by atoms with E-state index >= 15 is 8.78 Å². The van der Waals surface area contributed by atoms with E-state index in [0.29, 0.717) is 30.1 Å².